The van der Waals surface area contributed by atoms with Crippen LogP contribution in [0.4, 0.5) is 0 Å². The van der Waals surface area contributed by atoms with E-state index in [-0.39, 0.29) is 17.9 Å². The molecular formula is C22H17N5O4. The monoisotopic (exact) mass is 415 g/mol. The fraction of sp³-hybridized carbons (Fsp3) is 0.182. The maximum Gasteiger partial charge on any atom is 0.354 e. The summed E-state index contributed by atoms with van der Waals surface area (Å²) in [4.78, 5) is 41.8. The molecule has 1 saturated heterocycles. The Kier molecular flexibility index (Phi) is 5.15. The van der Waals surface area contributed by atoms with Crippen molar-refractivity contribution in [3.8, 4) is 34.6 Å². The first kappa shape index (κ1) is 20.1. The molecule has 1 fully saturated rings. The van der Waals surface area contributed by atoms with Crippen LogP contribution in [-0.2, 0) is 4.79 Å². The molecule has 1 aliphatic heterocycles. The maximum atomic E-state index is 12.1. The number of nitrogens with zero attached hydrogens (tertiary/aromatic N) is 5. The highest BCUT2D eigenvalue weighted by atomic mass is 16.4. The standard InChI is InChI=1S/C22H17N5O4/c1-27-10-7-22(31,21(27)30)6-5-14-3-2-4-15(11-14)19-25-16(12-17(26-19)20(28)29)18-13-23-8-9-24-18/h2-4,8-9,11-13,31H,7,10H2,1H3,(H,28,29)/t22-/m0/s1. The highest BCUT2D eigenvalue weighted by molar-refractivity contribution is 5.90. The lowest BCUT2D eigenvalue weighted by Crippen LogP contribution is -2.37. The van der Waals surface area contributed by atoms with Crippen LogP contribution in [0.1, 0.15) is 22.5 Å². The summed E-state index contributed by atoms with van der Waals surface area (Å²) in [5, 5.41) is 19.9. The van der Waals surface area contributed by atoms with E-state index in [4.69, 9.17) is 0 Å². The Morgan fingerprint density at radius 3 is 2.71 bits per heavy atom. The Morgan fingerprint density at radius 2 is 2.03 bits per heavy atom. The molecule has 4 rings (SSSR count). The van der Waals surface area contributed by atoms with E-state index in [0.29, 0.717) is 29.1 Å². The van der Waals surface area contributed by atoms with E-state index in [1.165, 1.54) is 29.6 Å². The van der Waals surface area contributed by atoms with E-state index in [2.05, 4.69) is 31.8 Å². The molecule has 3 aromatic rings. The number of benzene rings is 1. The minimum Gasteiger partial charge on any atom is -0.477 e. The third-order valence-electron chi connectivity index (χ3n) is 4.81. The molecule has 0 bridgehead atoms. The predicted octanol–water partition coefficient (Wildman–Crippen LogP) is 1.24. The van der Waals surface area contributed by atoms with E-state index < -0.39 is 17.5 Å². The van der Waals surface area contributed by atoms with Crippen molar-refractivity contribution in [2.45, 2.75) is 12.0 Å². The molecule has 0 spiro atoms. The molecule has 0 unspecified atom stereocenters. The highest BCUT2D eigenvalue weighted by Crippen LogP contribution is 2.23. The molecule has 0 radical (unpaired) electrons. The van der Waals surface area contributed by atoms with Gasteiger partial charge in [0.15, 0.2) is 11.5 Å². The van der Waals surface area contributed by atoms with Crippen molar-refractivity contribution >= 4 is 11.9 Å². The Balaban J connectivity index is 1.73. The van der Waals surface area contributed by atoms with Gasteiger partial charge >= 0.3 is 5.97 Å². The first-order valence-corrected chi connectivity index (χ1v) is 9.36. The third kappa shape index (κ3) is 4.10. The van der Waals surface area contributed by atoms with Gasteiger partial charge in [0.05, 0.1) is 11.9 Å². The van der Waals surface area contributed by atoms with Gasteiger partial charge in [-0.05, 0) is 18.2 Å². The number of hydrogen-bond acceptors (Lipinski definition) is 7. The first-order chi connectivity index (χ1) is 14.9. The van der Waals surface area contributed by atoms with Crippen LogP contribution < -0.4 is 0 Å². The zero-order valence-electron chi connectivity index (χ0n) is 16.5. The van der Waals surface area contributed by atoms with Crippen LogP contribution in [0.5, 0.6) is 0 Å². The first-order valence-electron chi connectivity index (χ1n) is 9.36. The summed E-state index contributed by atoms with van der Waals surface area (Å²) in [7, 11) is 1.62. The number of carbonyl (C=O) groups is 2. The number of hydrogen-bond donors (Lipinski definition) is 2. The van der Waals surface area contributed by atoms with Crippen molar-refractivity contribution in [3.63, 3.8) is 0 Å². The van der Waals surface area contributed by atoms with Gasteiger partial charge in [0, 0.05) is 43.5 Å². The molecule has 1 atom stereocenters. The lowest BCUT2D eigenvalue weighted by Gasteiger charge is -2.13. The summed E-state index contributed by atoms with van der Waals surface area (Å²) in [6.45, 7) is 0.436. The smallest absolute Gasteiger partial charge is 0.354 e. The van der Waals surface area contributed by atoms with Gasteiger partial charge in [0.25, 0.3) is 5.91 Å². The van der Waals surface area contributed by atoms with Crippen molar-refractivity contribution < 1.29 is 19.8 Å². The molecule has 0 saturated carbocycles. The summed E-state index contributed by atoms with van der Waals surface area (Å²) in [5.74, 6) is 4.04. The maximum absolute atomic E-state index is 12.1. The average molecular weight is 415 g/mol. The van der Waals surface area contributed by atoms with Crippen molar-refractivity contribution in [2.75, 3.05) is 13.6 Å². The van der Waals surface area contributed by atoms with Gasteiger partial charge in [-0.3, -0.25) is 14.8 Å². The number of likely N-dealkylation sites (tertiary alicyclic amines) is 1. The summed E-state index contributed by atoms with van der Waals surface area (Å²) >= 11 is 0. The summed E-state index contributed by atoms with van der Waals surface area (Å²) < 4.78 is 0. The van der Waals surface area contributed by atoms with E-state index >= 15 is 0 Å². The normalized spacial score (nSPS) is 17.9. The molecule has 2 aromatic heterocycles. The molecule has 2 N–H and O–H groups in total. The van der Waals surface area contributed by atoms with Crippen molar-refractivity contribution in [1.82, 2.24) is 24.8 Å². The fourth-order valence-corrected chi connectivity index (χ4v) is 3.13. The number of aromatic nitrogens is 4. The number of carboxylic acid groups (broad SMARTS) is 1. The largest absolute Gasteiger partial charge is 0.477 e. The molecule has 9 heteroatoms. The minimum absolute atomic E-state index is 0.180. The number of aliphatic hydroxyl groups is 1. The van der Waals surface area contributed by atoms with Gasteiger partial charge in [-0.2, -0.15) is 0 Å². The van der Waals surface area contributed by atoms with Gasteiger partial charge in [0.2, 0.25) is 5.60 Å². The van der Waals surface area contributed by atoms with Gasteiger partial charge in [0.1, 0.15) is 5.69 Å². The molecule has 31 heavy (non-hydrogen) atoms. The molecule has 1 aliphatic rings. The average Bonchev–Trinajstić information content (AvgIpc) is 3.06. The Hall–Kier alpha value is -4.16. The fourth-order valence-electron chi connectivity index (χ4n) is 3.13. The Bertz CT molecular complexity index is 1240. The second-order valence-electron chi connectivity index (χ2n) is 7.03. The van der Waals surface area contributed by atoms with Gasteiger partial charge in [-0.1, -0.05) is 24.0 Å². The van der Waals surface area contributed by atoms with Gasteiger partial charge in [-0.15, -0.1) is 0 Å². The van der Waals surface area contributed by atoms with Crippen LogP contribution in [-0.4, -0.2) is 66.1 Å². The van der Waals surface area contributed by atoms with Crippen LogP contribution in [0, 0.1) is 11.8 Å². The molecule has 1 aromatic carbocycles. The molecular weight excluding hydrogens is 398 g/mol. The molecule has 3 heterocycles. The van der Waals surface area contributed by atoms with E-state index in [1.807, 2.05) is 0 Å². The van der Waals surface area contributed by atoms with E-state index in [9.17, 15) is 19.8 Å². The number of amides is 1. The number of carboxylic acids is 1. The summed E-state index contributed by atoms with van der Waals surface area (Å²) in [5.41, 5.74) is -0.0999. The lowest BCUT2D eigenvalue weighted by molar-refractivity contribution is -0.137. The molecule has 0 aliphatic carbocycles. The van der Waals surface area contributed by atoms with Gasteiger partial charge < -0.3 is 15.1 Å². The zero-order chi connectivity index (χ0) is 22.0. The quantitative estimate of drug-likeness (QED) is 0.612. The van der Waals surface area contributed by atoms with Gasteiger partial charge in [-0.25, -0.2) is 14.8 Å². The van der Waals surface area contributed by atoms with Crippen LogP contribution in [0.3, 0.4) is 0 Å². The van der Waals surface area contributed by atoms with Crippen LogP contribution in [0.25, 0.3) is 22.8 Å². The van der Waals surface area contributed by atoms with E-state index in [1.54, 1.807) is 31.3 Å². The van der Waals surface area contributed by atoms with Crippen molar-refractivity contribution in [3.05, 3.63) is 60.2 Å². The van der Waals surface area contributed by atoms with E-state index in [0.717, 1.165) is 0 Å². The Labute approximate surface area is 177 Å². The Morgan fingerprint density at radius 1 is 1.19 bits per heavy atom. The molecule has 154 valence electrons. The number of likely N-dealkylation sites (N-methyl/N-ethyl adjacent to an activating group) is 1. The number of aromatic carboxylic acids is 1. The molecule has 1 amide bonds. The van der Waals surface area contributed by atoms with Crippen molar-refractivity contribution in [2.24, 2.45) is 0 Å². The topological polar surface area (TPSA) is 129 Å². The predicted molar refractivity (Wildman–Crippen MR) is 110 cm³/mol. The zero-order valence-corrected chi connectivity index (χ0v) is 16.5. The van der Waals surface area contributed by atoms with Crippen LogP contribution in [0.2, 0.25) is 0 Å². The highest BCUT2D eigenvalue weighted by Gasteiger charge is 2.42. The second-order valence-corrected chi connectivity index (χ2v) is 7.03. The van der Waals surface area contributed by atoms with Crippen molar-refractivity contribution in [1.29, 1.82) is 0 Å². The lowest BCUT2D eigenvalue weighted by atomic mass is 10.0. The summed E-state index contributed by atoms with van der Waals surface area (Å²) in [6.07, 6.45) is 4.71. The van der Waals surface area contributed by atoms with Crippen LogP contribution >= 0.6 is 0 Å². The number of rotatable bonds is 3. The SMILES string of the molecule is CN1CC[C@@](O)(C#Cc2cccc(-c3nc(C(=O)O)cc(-c4cnccn4)n3)c2)C1=O. The molecule has 9 nitrogen and oxygen atoms in total. The van der Waals surface area contributed by atoms with Crippen LogP contribution in [0.15, 0.2) is 48.9 Å². The number of carbonyl (C=O) groups excluding carboxylic acids is 1. The summed E-state index contributed by atoms with van der Waals surface area (Å²) in [6, 6.07) is 8.15. The third-order valence-corrected chi connectivity index (χ3v) is 4.81. The minimum atomic E-state index is -1.70. The second kappa shape index (κ2) is 7.93.